The third kappa shape index (κ3) is 3.62. The van der Waals surface area contributed by atoms with Gasteiger partial charge < -0.3 is 15.4 Å². The fraction of sp³-hybridized carbons (Fsp3) is 0.100. The van der Waals surface area contributed by atoms with Gasteiger partial charge in [0.05, 0.1) is 23.3 Å². The van der Waals surface area contributed by atoms with Gasteiger partial charge in [0, 0.05) is 11.3 Å². The zero-order chi connectivity index (χ0) is 20.5. The van der Waals surface area contributed by atoms with E-state index in [0.717, 1.165) is 11.8 Å². The summed E-state index contributed by atoms with van der Waals surface area (Å²) in [5.41, 5.74) is 2.04. The van der Waals surface area contributed by atoms with Crippen LogP contribution in [0.2, 0.25) is 0 Å². The minimum atomic E-state index is -0.404. The first-order valence-corrected chi connectivity index (χ1v) is 9.83. The number of benzene rings is 2. The van der Waals surface area contributed by atoms with Crippen LogP contribution < -0.4 is 20.3 Å². The standard InChI is InChI=1S/C20H15N3O4S2/c1-27-12-8-6-11(7-9-12)21-15(24)10-23-14-5-3-2-4-13(14)16(19(23)26)17-18(25)22-20(28)29-17/h2-9H,10H2,1H3,(H,21,24)(H,22,25,28). The van der Waals surface area contributed by atoms with Crippen LogP contribution in [0.3, 0.4) is 0 Å². The molecule has 2 N–H and O–H groups in total. The van der Waals surface area contributed by atoms with Crippen LogP contribution in [0.25, 0.3) is 5.57 Å². The zero-order valence-corrected chi connectivity index (χ0v) is 16.9. The lowest BCUT2D eigenvalue weighted by Crippen LogP contribution is -2.35. The number of amides is 3. The van der Waals surface area contributed by atoms with Crippen LogP contribution in [-0.2, 0) is 14.4 Å². The van der Waals surface area contributed by atoms with Crippen LogP contribution in [0.4, 0.5) is 11.4 Å². The van der Waals surface area contributed by atoms with Crippen molar-refractivity contribution in [2.75, 3.05) is 23.9 Å². The zero-order valence-electron chi connectivity index (χ0n) is 15.2. The molecule has 0 unspecified atom stereocenters. The summed E-state index contributed by atoms with van der Waals surface area (Å²) in [5.74, 6) is -0.488. The van der Waals surface area contributed by atoms with Gasteiger partial charge in [0.1, 0.15) is 16.6 Å². The van der Waals surface area contributed by atoms with Crippen molar-refractivity contribution in [3.8, 4) is 5.75 Å². The third-order valence-corrected chi connectivity index (χ3v) is 5.68. The second kappa shape index (κ2) is 7.69. The van der Waals surface area contributed by atoms with Crippen LogP contribution in [0, 0.1) is 0 Å². The number of hydrogen-bond donors (Lipinski definition) is 2. The Morgan fingerprint density at radius 3 is 2.55 bits per heavy atom. The predicted molar refractivity (Wildman–Crippen MR) is 116 cm³/mol. The fourth-order valence-electron chi connectivity index (χ4n) is 3.15. The Balaban J connectivity index is 1.60. The summed E-state index contributed by atoms with van der Waals surface area (Å²) < 4.78 is 5.40. The van der Waals surface area contributed by atoms with E-state index < -0.39 is 11.8 Å². The molecule has 1 fully saturated rings. The third-order valence-electron chi connectivity index (χ3n) is 4.44. The molecule has 0 aromatic heterocycles. The van der Waals surface area contributed by atoms with Crippen molar-refractivity contribution in [1.29, 1.82) is 0 Å². The molecule has 1 saturated heterocycles. The molecule has 0 atom stereocenters. The van der Waals surface area contributed by atoms with E-state index in [0.29, 0.717) is 27.0 Å². The second-order valence-corrected chi connectivity index (χ2v) is 7.92. The molecule has 0 radical (unpaired) electrons. The number of hydrogen-bond acceptors (Lipinski definition) is 6. The molecule has 29 heavy (non-hydrogen) atoms. The SMILES string of the molecule is COc1ccc(NC(=O)CN2C(=O)C(=C3SC(=S)NC3=O)c3ccccc32)cc1. The quantitative estimate of drug-likeness (QED) is 0.578. The number of nitrogens with one attached hydrogen (secondary N) is 2. The lowest BCUT2D eigenvalue weighted by Gasteiger charge is -2.16. The highest BCUT2D eigenvalue weighted by atomic mass is 32.2. The molecule has 0 aliphatic carbocycles. The summed E-state index contributed by atoms with van der Waals surface area (Å²) in [4.78, 5) is 39.5. The molecule has 2 heterocycles. The van der Waals surface area contributed by atoms with Crippen molar-refractivity contribution >= 4 is 63.0 Å². The number of rotatable bonds is 4. The molecule has 9 heteroatoms. The smallest absolute Gasteiger partial charge is 0.264 e. The molecule has 0 spiro atoms. The lowest BCUT2D eigenvalue weighted by molar-refractivity contribution is -0.118. The van der Waals surface area contributed by atoms with E-state index in [1.807, 2.05) is 0 Å². The maximum absolute atomic E-state index is 13.1. The maximum Gasteiger partial charge on any atom is 0.264 e. The van der Waals surface area contributed by atoms with Gasteiger partial charge in [-0.2, -0.15) is 0 Å². The van der Waals surface area contributed by atoms with Gasteiger partial charge in [0.15, 0.2) is 0 Å². The predicted octanol–water partition coefficient (Wildman–Crippen LogP) is 2.54. The molecule has 3 amide bonds. The van der Waals surface area contributed by atoms with Gasteiger partial charge in [-0.15, -0.1) is 0 Å². The molecule has 0 bridgehead atoms. The van der Waals surface area contributed by atoms with Gasteiger partial charge in [-0.1, -0.05) is 42.2 Å². The molecule has 4 rings (SSSR count). The molecule has 2 aromatic rings. The number of ether oxygens (including phenoxy) is 1. The monoisotopic (exact) mass is 425 g/mol. The maximum atomic E-state index is 13.1. The number of carbonyl (C=O) groups excluding carboxylic acids is 3. The van der Waals surface area contributed by atoms with Gasteiger partial charge in [0.25, 0.3) is 11.8 Å². The summed E-state index contributed by atoms with van der Waals surface area (Å²) in [6.07, 6.45) is 0. The summed E-state index contributed by atoms with van der Waals surface area (Å²) in [6, 6.07) is 13.9. The number of carbonyl (C=O) groups is 3. The normalized spacial score (nSPS) is 18.0. The number of para-hydroxylation sites is 1. The Kier molecular flexibility index (Phi) is 5.08. The van der Waals surface area contributed by atoms with Crippen LogP contribution in [0.5, 0.6) is 5.75 Å². The minimum absolute atomic E-state index is 0.185. The van der Waals surface area contributed by atoms with Gasteiger partial charge >= 0.3 is 0 Å². The molecule has 7 nitrogen and oxygen atoms in total. The summed E-state index contributed by atoms with van der Waals surface area (Å²) in [5, 5.41) is 5.29. The molecule has 2 aliphatic heterocycles. The van der Waals surface area contributed by atoms with E-state index in [1.54, 1.807) is 55.6 Å². The molecule has 2 aliphatic rings. The Hall–Kier alpha value is -3.17. The first-order chi connectivity index (χ1) is 14.0. The lowest BCUT2D eigenvalue weighted by atomic mass is 10.1. The number of nitrogens with zero attached hydrogens (tertiary/aromatic N) is 1. The van der Waals surface area contributed by atoms with E-state index in [1.165, 1.54) is 4.90 Å². The highest BCUT2D eigenvalue weighted by molar-refractivity contribution is 8.27. The minimum Gasteiger partial charge on any atom is -0.497 e. The van der Waals surface area contributed by atoms with Crippen LogP contribution in [0.15, 0.2) is 53.4 Å². The van der Waals surface area contributed by atoms with E-state index in [4.69, 9.17) is 17.0 Å². The van der Waals surface area contributed by atoms with Crippen LogP contribution >= 0.6 is 24.0 Å². The molecular weight excluding hydrogens is 410 g/mol. The number of fused-ring (bicyclic) bond motifs is 1. The first kappa shape index (κ1) is 19.2. The Labute approximate surface area is 176 Å². The highest BCUT2D eigenvalue weighted by Crippen LogP contribution is 2.42. The molecule has 2 aromatic carbocycles. The molecular formula is C20H15N3O4S2. The summed E-state index contributed by atoms with van der Waals surface area (Å²) in [6.45, 7) is -0.185. The van der Waals surface area contributed by atoms with E-state index in [9.17, 15) is 14.4 Å². The van der Waals surface area contributed by atoms with Crippen LogP contribution in [-0.4, -0.2) is 35.7 Å². The summed E-state index contributed by atoms with van der Waals surface area (Å²) >= 11 is 6.09. The number of anilines is 2. The van der Waals surface area contributed by atoms with Crippen molar-refractivity contribution in [3.05, 3.63) is 59.0 Å². The second-order valence-electron chi connectivity index (χ2n) is 6.23. The van der Waals surface area contributed by atoms with Crippen molar-refractivity contribution in [3.63, 3.8) is 0 Å². The summed E-state index contributed by atoms with van der Waals surface area (Å²) in [7, 11) is 1.56. The van der Waals surface area contributed by atoms with Crippen molar-refractivity contribution in [1.82, 2.24) is 5.32 Å². The number of methoxy groups -OCH3 is 1. The van der Waals surface area contributed by atoms with Crippen LogP contribution in [0.1, 0.15) is 5.56 Å². The molecule has 146 valence electrons. The van der Waals surface area contributed by atoms with Crippen molar-refractivity contribution in [2.45, 2.75) is 0 Å². The van der Waals surface area contributed by atoms with E-state index >= 15 is 0 Å². The van der Waals surface area contributed by atoms with E-state index in [-0.39, 0.29) is 22.9 Å². The number of thiocarbonyl (C=S) groups is 1. The van der Waals surface area contributed by atoms with Crippen molar-refractivity contribution in [2.24, 2.45) is 0 Å². The average molecular weight is 425 g/mol. The van der Waals surface area contributed by atoms with Crippen molar-refractivity contribution < 1.29 is 19.1 Å². The Morgan fingerprint density at radius 2 is 1.90 bits per heavy atom. The fourth-order valence-corrected chi connectivity index (χ4v) is 4.27. The van der Waals surface area contributed by atoms with Gasteiger partial charge in [-0.05, 0) is 30.3 Å². The molecule has 0 saturated carbocycles. The van der Waals surface area contributed by atoms with Gasteiger partial charge in [-0.25, -0.2) is 0 Å². The Bertz CT molecular complexity index is 1080. The van der Waals surface area contributed by atoms with E-state index in [2.05, 4.69) is 10.6 Å². The first-order valence-electron chi connectivity index (χ1n) is 8.60. The highest BCUT2D eigenvalue weighted by Gasteiger charge is 2.39. The average Bonchev–Trinajstić information content (AvgIpc) is 3.18. The Morgan fingerprint density at radius 1 is 1.17 bits per heavy atom. The largest absolute Gasteiger partial charge is 0.497 e. The number of thioether (sulfide) groups is 1. The topological polar surface area (TPSA) is 87.7 Å². The van der Waals surface area contributed by atoms with Gasteiger partial charge in [-0.3, -0.25) is 19.3 Å². The van der Waals surface area contributed by atoms with Gasteiger partial charge in [0.2, 0.25) is 5.91 Å².